The zero-order valence-corrected chi connectivity index (χ0v) is 80.7. The highest BCUT2D eigenvalue weighted by Crippen LogP contribution is 2.34. The normalized spacial score (nSPS) is 18.9. The first-order chi connectivity index (χ1) is 67.8. The third-order valence-electron chi connectivity index (χ3n) is 22.1. The second-order valence-electron chi connectivity index (χ2n) is 34.1. The molecule has 9 amide bonds. The Hall–Kier alpha value is -13.1. The molecule has 0 fully saturated rings. The van der Waals surface area contributed by atoms with Crippen molar-refractivity contribution in [2.75, 3.05) is 62.6 Å². The average molecular weight is 2090 g/mol. The molecule has 3 heterocycles. The molecule has 0 aliphatic carbocycles. The van der Waals surface area contributed by atoms with Gasteiger partial charge in [-0.25, -0.2) is 29.1 Å². The molecule has 0 saturated heterocycles. The van der Waals surface area contributed by atoms with Gasteiger partial charge in [0.2, 0.25) is 53.2 Å². The van der Waals surface area contributed by atoms with Gasteiger partial charge in [-0.2, -0.15) is 4.98 Å². The van der Waals surface area contributed by atoms with Crippen molar-refractivity contribution in [3.05, 3.63) is 129 Å². The van der Waals surface area contributed by atoms with Gasteiger partial charge in [-0.3, -0.25) is 67.3 Å². The number of carbonyl (C=O) groups is 16. The maximum atomic E-state index is 14.5. The van der Waals surface area contributed by atoms with Gasteiger partial charge in [-0.15, -0.1) is 0 Å². The Kier molecular flexibility index (Phi) is 47.6. The number of aliphatic hydroxyl groups is 12. The molecule has 792 valence electrons. The molecule has 22 atom stereocenters. The number of cyclic esters (lactones) is 2. The van der Waals surface area contributed by atoms with Crippen LogP contribution < -0.4 is 69.2 Å². The van der Waals surface area contributed by atoms with Crippen molar-refractivity contribution >= 4 is 151 Å². The number of aliphatic carboxylic acids is 4. The Labute approximate surface area is 832 Å². The molecular weight excluding hydrogens is 1970 g/mol. The Morgan fingerprint density at radius 2 is 1.18 bits per heavy atom. The molecule has 5 aromatic rings. The molecule has 1 aliphatic rings. The number of ether oxygens (including phenoxy) is 5. The number of hydrogen-bond donors (Lipinski definition) is 28. The fourth-order valence-electron chi connectivity index (χ4n) is 13.9. The lowest BCUT2D eigenvalue weighted by Crippen LogP contribution is -2.66. The minimum absolute atomic E-state index is 0.0118. The van der Waals surface area contributed by atoms with Gasteiger partial charge in [0.1, 0.15) is 128 Å². The number of rotatable bonds is 53. The molecule has 0 bridgehead atoms. The summed E-state index contributed by atoms with van der Waals surface area (Å²) in [6.45, 7) is 4.62. The zero-order valence-electron chi connectivity index (χ0n) is 78.3. The van der Waals surface area contributed by atoms with Crippen molar-refractivity contribution in [2.24, 2.45) is 17.3 Å². The quantitative estimate of drug-likeness (QED) is 0.00745. The van der Waals surface area contributed by atoms with E-state index in [0.717, 1.165) is 16.9 Å². The number of nitrogens with zero attached hydrogens (tertiary/aromatic N) is 3. The summed E-state index contributed by atoms with van der Waals surface area (Å²) in [6.07, 6.45) is -31.4. The number of H-pyrrole nitrogens is 1. The Bertz CT molecular complexity index is 5370. The molecule has 0 radical (unpaired) electrons. The van der Waals surface area contributed by atoms with Crippen LogP contribution in [0.4, 0.5) is 16.4 Å². The van der Waals surface area contributed by atoms with Crippen LogP contribution in [-0.4, -0.2) is 370 Å². The number of carboxylic acids is 4. The number of hydrogen-bond acceptors (Lipinski definition) is 41. The first-order valence-electron chi connectivity index (χ1n) is 44.3. The van der Waals surface area contributed by atoms with Crippen LogP contribution in [0.3, 0.4) is 0 Å². The van der Waals surface area contributed by atoms with Gasteiger partial charge in [-0.05, 0) is 86.2 Å². The molecule has 0 spiro atoms. The molecule has 0 unspecified atom stereocenters. The van der Waals surface area contributed by atoms with Crippen molar-refractivity contribution in [1.82, 2.24) is 67.8 Å². The Morgan fingerprint density at radius 3 is 1.69 bits per heavy atom. The van der Waals surface area contributed by atoms with Gasteiger partial charge in [0.05, 0.1) is 68.6 Å². The summed E-state index contributed by atoms with van der Waals surface area (Å²) < 4.78 is 28.8. The van der Waals surface area contributed by atoms with E-state index in [1.165, 1.54) is 57.5 Å². The molecular formula is C88H118ClN15O38S2. The number of aromatic nitrogens is 4. The second kappa shape index (κ2) is 57.4. The van der Waals surface area contributed by atoms with Crippen LogP contribution in [0.2, 0.25) is 5.02 Å². The maximum Gasteiger partial charge on any atom is 0.508 e. The molecule has 3 aromatic carbocycles. The summed E-state index contributed by atoms with van der Waals surface area (Å²) in [4.78, 5) is 246. The van der Waals surface area contributed by atoms with E-state index in [0.29, 0.717) is 33.4 Å². The van der Waals surface area contributed by atoms with Crippen LogP contribution >= 0.6 is 33.2 Å². The molecule has 53 nitrogen and oxygen atoms in total. The van der Waals surface area contributed by atoms with Crippen LogP contribution in [0.15, 0.2) is 95.9 Å². The average Bonchev–Trinajstić information content (AvgIpc) is 0.794. The monoisotopic (exact) mass is 2090 g/mol. The molecule has 56 heteroatoms. The van der Waals surface area contributed by atoms with Crippen LogP contribution in [0.5, 0.6) is 5.75 Å². The van der Waals surface area contributed by atoms with E-state index in [4.69, 9.17) is 41.0 Å². The number of methoxy groups -OCH3 is 1. The highest BCUT2D eigenvalue weighted by Gasteiger charge is 2.47. The van der Waals surface area contributed by atoms with Crippen molar-refractivity contribution in [1.29, 1.82) is 0 Å². The highest BCUT2D eigenvalue weighted by atomic mass is 35.5. The van der Waals surface area contributed by atoms with E-state index >= 15 is 0 Å². The number of esters is 2. The minimum Gasteiger partial charge on any atom is -0.495 e. The first kappa shape index (κ1) is 120. The highest BCUT2D eigenvalue weighted by molar-refractivity contribution is 8.76. The third-order valence-corrected chi connectivity index (χ3v) is 24.8. The molecule has 144 heavy (non-hydrogen) atoms. The lowest BCUT2D eigenvalue weighted by molar-refractivity contribution is -0.180. The van der Waals surface area contributed by atoms with E-state index in [1.807, 2.05) is 10.6 Å². The number of aliphatic hydroxyl groups excluding tert-OH is 12. The fraction of sp³-hybridized carbons (Fsp3) is 0.523. The molecule has 6 rings (SSSR count). The number of halogens is 1. The number of nitrogen functional groups attached to an aromatic ring is 1. The van der Waals surface area contributed by atoms with Crippen molar-refractivity contribution in [3.8, 4) is 5.75 Å². The summed E-state index contributed by atoms with van der Waals surface area (Å²) in [7, 11) is 2.88. The number of fused-ring (bicyclic) bond motifs is 1. The molecule has 1 aliphatic heterocycles. The van der Waals surface area contributed by atoms with Gasteiger partial charge < -0.3 is 164 Å². The predicted octanol–water partition coefficient (Wildman–Crippen LogP) is -6.26. The topological polar surface area (TPSA) is 861 Å². The van der Waals surface area contributed by atoms with Gasteiger partial charge in [0.15, 0.2) is 17.3 Å². The van der Waals surface area contributed by atoms with E-state index in [9.17, 15) is 163 Å². The van der Waals surface area contributed by atoms with Crippen LogP contribution in [-0.2, 0) is 99.0 Å². The predicted molar refractivity (Wildman–Crippen MR) is 502 cm³/mol. The number of nitrogens with two attached hydrogens (primary N) is 1. The van der Waals surface area contributed by atoms with Gasteiger partial charge in [0, 0.05) is 60.4 Å². The summed E-state index contributed by atoms with van der Waals surface area (Å²) in [5, 5.41) is 189. The van der Waals surface area contributed by atoms with E-state index in [2.05, 4.69) is 41.2 Å². The van der Waals surface area contributed by atoms with Crippen molar-refractivity contribution in [2.45, 2.75) is 221 Å². The molecule has 29 N–H and O–H groups in total. The van der Waals surface area contributed by atoms with Crippen LogP contribution in [0.25, 0.3) is 11.2 Å². The summed E-state index contributed by atoms with van der Waals surface area (Å²) in [5.41, 5.74) is 4.90. The lowest BCUT2D eigenvalue weighted by Gasteiger charge is -2.34. The van der Waals surface area contributed by atoms with E-state index < -0.39 is 297 Å². The Balaban J connectivity index is 1.17. The van der Waals surface area contributed by atoms with Gasteiger partial charge >= 0.3 is 42.0 Å². The summed E-state index contributed by atoms with van der Waals surface area (Å²) in [5.74, 6) is -26.1. The largest absolute Gasteiger partial charge is 0.508 e. The maximum absolute atomic E-state index is 14.5. The smallest absolute Gasteiger partial charge is 0.495 e. The zero-order chi connectivity index (χ0) is 107. The first-order valence-corrected chi connectivity index (χ1v) is 47.1. The number of aromatic amines is 1. The van der Waals surface area contributed by atoms with E-state index in [1.54, 1.807) is 97.5 Å². The van der Waals surface area contributed by atoms with Crippen molar-refractivity contribution in [3.63, 3.8) is 0 Å². The van der Waals surface area contributed by atoms with Crippen molar-refractivity contribution < 1.29 is 182 Å². The fourth-order valence-corrected chi connectivity index (χ4v) is 16.1. The number of carboxylic acid groups (broad SMARTS) is 4. The SMILES string of the molecule is COc1ccc(C[C@H]2NC(=O)/C=C/C[C@@H]([C@H](C)[C@@H](OC(=O)OCCSSC[C@@H](NC(=O)[C@@H](NC(=O)[C@H](CC(=O)O)NC(=O)[C@@H](NC(=O)[C@H](CC(=O)O)NC(=O)[C@@H](NC(=O)CC[C@H](NC(=O)c3ccc(NCc4cnc5nc(N)[nH]c(=O)c5n4)cc3)C(=O)O)[C@@H](O)[C@H](O)[C@H](O)CO)[C@@H](O)[C@H](O)[C@H](O)CO)[C@@H](O)[C@H](O)[C@H](O)CO)C(=O)O)[C@@H](C)c3ccccc3)OC(=O)[C@H](CC(C)C)OC(=O)C(C)(C)CNC2=O)cc1Cl. The lowest BCUT2D eigenvalue weighted by atomic mass is 9.84. The van der Waals surface area contributed by atoms with Gasteiger partial charge in [0.25, 0.3) is 11.5 Å². The Morgan fingerprint density at radius 1 is 0.639 bits per heavy atom. The minimum atomic E-state index is -3.02. The van der Waals surface area contributed by atoms with Gasteiger partial charge in [-0.1, -0.05) is 103 Å². The standard InChI is InChI=1S/C88H118ClN15O38S2/c1-38(2)26-57-84(135)140-55(14-11-15-58(111)95-48(28-41-16-22-56(138-7)46(89)27-41)75(124)93-37-88(5,6)85(136)141-57)40(4)72(39(3)42-12-9-8-10-13-42)142-87(137)139-24-25-143-144-36-51(83(133)134)99-80(129)64(71(122)68(119)54(110)35-107)102-77(126)50(30-61(115)116)98-79(128)63(70(121)67(118)53(109)34-106)101-76(125)49(29-60(113)114)97-78(127)62(69(120)66(117)52(108)33-105)100-59(112)23-21-47(82(131)132)96-74(123)43-17-19-44(20-18-43)91-31-45-32-92-73-65(94-45)81(130)104-86(90)103-73/h8-13,15-20,22,27,32,38-40,47-55,57,62-64,66-72,91,105-110,117-122H,14,21,23-26,28-31,33-37H2,1-7H3,(H,93,124)(H,95,111)(H,96,123)(H,97,127)(H,98,128)(H,99,129)(H,100,112)(H,101,125)(H,102,126)(H,113,114)(H,115,116)(H,131,132)(H,133,134)(H3,90,92,103,104,130)/b15-11+/t39-,40-,47-,48+,49-,50-,51+,52+,53+,54+,55-,57-,62-,63-,64-,66+,67+,68+,69+,70+,71+,72-/m0/s1. The van der Waals surface area contributed by atoms with E-state index in [-0.39, 0.29) is 77.4 Å². The van der Waals surface area contributed by atoms with Crippen LogP contribution in [0.1, 0.15) is 113 Å². The number of benzene rings is 3. The summed E-state index contributed by atoms with van der Waals surface area (Å²) >= 11 is 6.41. The third kappa shape index (κ3) is 36.6. The number of anilines is 2. The summed E-state index contributed by atoms with van der Waals surface area (Å²) in [6, 6.07) is -0.701. The molecule has 2 aromatic heterocycles. The number of carbonyl (C=O) groups excluding carboxylic acids is 12. The number of nitrogens with one attached hydrogen (secondary N) is 11. The molecule has 0 saturated carbocycles. The van der Waals surface area contributed by atoms with Crippen LogP contribution in [0, 0.1) is 17.3 Å². The number of amides is 9. The second-order valence-corrected chi connectivity index (χ2v) is 37.1.